The standard InChI is InChI=1S/C7H12N2/c1-4-7(2)9-6-5-8-3/h4-6,8H,1H2,2-3H3/b6-5+,9-7-. The van der Waals surface area contributed by atoms with Gasteiger partial charge in [-0.25, -0.2) is 0 Å². The fourth-order valence-corrected chi connectivity index (χ4v) is 0.282. The van der Waals surface area contributed by atoms with Crippen LogP contribution in [0.4, 0.5) is 0 Å². The second-order valence-electron chi connectivity index (χ2n) is 1.58. The molecular weight excluding hydrogens is 112 g/mol. The minimum absolute atomic E-state index is 0.918. The third-order valence-electron chi connectivity index (χ3n) is 0.815. The average molecular weight is 124 g/mol. The van der Waals surface area contributed by atoms with Crippen LogP contribution in [-0.2, 0) is 0 Å². The molecule has 0 aromatic heterocycles. The maximum absolute atomic E-state index is 3.99. The van der Waals surface area contributed by atoms with Crippen LogP contribution >= 0.6 is 0 Å². The summed E-state index contributed by atoms with van der Waals surface area (Å²) >= 11 is 0. The summed E-state index contributed by atoms with van der Waals surface area (Å²) in [6.07, 6.45) is 5.16. The molecule has 2 nitrogen and oxygen atoms in total. The van der Waals surface area contributed by atoms with E-state index in [-0.39, 0.29) is 0 Å². The molecule has 0 heterocycles. The first kappa shape index (κ1) is 7.95. The van der Waals surface area contributed by atoms with Crippen molar-refractivity contribution < 1.29 is 0 Å². The highest BCUT2D eigenvalue weighted by Crippen LogP contribution is 1.78. The molecule has 0 saturated carbocycles. The van der Waals surface area contributed by atoms with Crippen LogP contribution in [0, 0.1) is 0 Å². The summed E-state index contributed by atoms with van der Waals surface area (Å²) in [5, 5.41) is 2.83. The van der Waals surface area contributed by atoms with Gasteiger partial charge in [0.05, 0.1) is 0 Å². The second-order valence-corrected chi connectivity index (χ2v) is 1.58. The largest absolute Gasteiger partial charge is 0.393 e. The molecule has 1 N–H and O–H groups in total. The third-order valence-corrected chi connectivity index (χ3v) is 0.815. The minimum atomic E-state index is 0.918. The molecule has 50 valence electrons. The lowest BCUT2D eigenvalue weighted by Crippen LogP contribution is -1.90. The Kier molecular flexibility index (Phi) is 4.50. The highest BCUT2D eigenvalue weighted by Gasteiger charge is 1.72. The first-order valence-corrected chi connectivity index (χ1v) is 2.80. The Bertz CT molecular complexity index is 134. The summed E-state index contributed by atoms with van der Waals surface area (Å²) in [6, 6.07) is 0. The predicted molar refractivity (Wildman–Crippen MR) is 41.5 cm³/mol. The Hall–Kier alpha value is -1.05. The van der Waals surface area contributed by atoms with Gasteiger partial charge in [-0.3, -0.25) is 4.99 Å². The molecule has 0 aliphatic rings. The lowest BCUT2D eigenvalue weighted by Gasteiger charge is -1.84. The Balaban J connectivity index is 3.68. The van der Waals surface area contributed by atoms with Gasteiger partial charge in [0, 0.05) is 25.2 Å². The van der Waals surface area contributed by atoms with Crippen molar-refractivity contribution in [3.63, 3.8) is 0 Å². The molecule has 0 aromatic carbocycles. The van der Waals surface area contributed by atoms with Crippen molar-refractivity contribution in [3.05, 3.63) is 25.1 Å². The summed E-state index contributed by atoms with van der Waals surface area (Å²) in [5.41, 5.74) is 0.918. The van der Waals surface area contributed by atoms with E-state index in [1.54, 1.807) is 18.5 Å². The lowest BCUT2D eigenvalue weighted by atomic mass is 10.4. The molecular formula is C7H12N2. The molecule has 9 heavy (non-hydrogen) atoms. The molecule has 0 aromatic rings. The van der Waals surface area contributed by atoms with Crippen LogP contribution in [0.25, 0.3) is 0 Å². The number of allylic oxidation sites excluding steroid dienone is 1. The second kappa shape index (κ2) is 5.09. The summed E-state index contributed by atoms with van der Waals surface area (Å²) < 4.78 is 0. The van der Waals surface area contributed by atoms with Gasteiger partial charge < -0.3 is 5.32 Å². The fourth-order valence-electron chi connectivity index (χ4n) is 0.282. The molecule has 0 aliphatic carbocycles. The Labute approximate surface area is 56.0 Å². The minimum Gasteiger partial charge on any atom is -0.393 e. The van der Waals surface area contributed by atoms with Gasteiger partial charge in [0.25, 0.3) is 0 Å². The fraction of sp³-hybridized carbons (Fsp3) is 0.286. The Morgan fingerprint density at radius 3 is 2.78 bits per heavy atom. The molecule has 0 bridgehead atoms. The van der Waals surface area contributed by atoms with Crippen LogP contribution < -0.4 is 5.32 Å². The summed E-state index contributed by atoms with van der Waals surface area (Å²) in [4.78, 5) is 3.99. The molecule has 0 unspecified atom stereocenters. The molecule has 0 spiro atoms. The van der Waals surface area contributed by atoms with Gasteiger partial charge in [-0.05, 0) is 13.0 Å². The molecule has 0 aliphatic heterocycles. The topological polar surface area (TPSA) is 24.4 Å². The smallest absolute Gasteiger partial charge is 0.0427 e. The van der Waals surface area contributed by atoms with Crippen molar-refractivity contribution in [1.29, 1.82) is 0 Å². The number of hydrogen-bond donors (Lipinski definition) is 1. The van der Waals surface area contributed by atoms with Crippen molar-refractivity contribution in [2.75, 3.05) is 7.05 Å². The lowest BCUT2D eigenvalue weighted by molar-refractivity contribution is 1.09. The van der Waals surface area contributed by atoms with Crippen LogP contribution in [-0.4, -0.2) is 12.8 Å². The normalized spacial score (nSPS) is 12.0. The summed E-state index contributed by atoms with van der Waals surface area (Å²) in [6.45, 7) is 5.45. The van der Waals surface area contributed by atoms with E-state index in [0.717, 1.165) is 5.71 Å². The van der Waals surface area contributed by atoms with Crippen LogP contribution in [0.2, 0.25) is 0 Å². The maximum Gasteiger partial charge on any atom is 0.0427 e. The van der Waals surface area contributed by atoms with Crippen molar-refractivity contribution in [2.24, 2.45) is 4.99 Å². The first-order chi connectivity index (χ1) is 4.31. The van der Waals surface area contributed by atoms with Crippen LogP contribution in [0.1, 0.15) is 6.92 Å². The molecule has 0 saturated heterocycles. The quantitative estimate of drug-likeness (QED) is 0.564. The van der Waals surface area contributed by atoms with Crippen molar-refractivity contribution >= 4 is 5.71 Å². The van der Waals surface area contributed by atoms with Crippen molar-refractivity contribution in [2.45, 2.75) is 6.92 Å². The molecule has 0 fully saturated rings. The highest BCUT2D eigenvalue weighted by molar-refractivity contribution is 5.92. The predicted octanol–water partition coefficient (Wildman–Crippen LogP) is 1.32. The van der Waals surface area contributed by atoms with E-state index in [4.69, 9.17) is 0 Å². The van der Waals surface area contributed by atoms with E-state index in [2.05, 4.69) is 16.9 Å². The molecule has 2 heteroatoms. The Morgan fingerprint density at radius 1 is 1.67 bits per heavy atom. The van der Waals surface area contributed by atoms with Crippen molar-refractivity contribution in [1.82, 2.24) is 5.32 Å². The van der Waals surface area contributed by atoms with Gasteiger partial charge in [0.15, 0.2) is 0 Å². The van der Waals surface area contributed by atoms with E-state index < -0.39 is 0 Å². The van der Waals surface area contributed by atoms with Crippen LogP contribution in [0.15, 0.2) is 30.0 Å². The van der Waals surface area contributed by atoms with E-state index in [1.807, 2.05) is 14.0 Å². The number of rotatable bonds is 3. The summed E-state index contributed by atoms with van der Waals surface area (Å²) in [5.74, 6) is 0. The number of hydrogen-bond acceptors (Lipinski definition) is 2. The molecule has 0 radical (unpaired) electrons. The number of nitrogens with zero attached hydrogens (tertiary/aromatic N) is 1. The van der Waals surface area contributed by atoms with Crippen molar-refractivity contribution in [3.8, 4) is 0 Å². The third kappa shape index (κ3) is 4.81. The van der Waals surface area contributed by atoms with Gasteiger partial charge in [-0.2, -0.15) is 0 Å². The summed E-state index contributed by atoms with van der Waals surface area (Å²) in [7, 11) is 1.83. The zero-order valence-corrected chi connectivity index (χ0v) is 5.89. The zero-order chi connectivity index (χ0) is 7.11. The van der Waals surface area contributed by atoms with Gasteiger partial charge in [-0.15, -0.1) is 0 Å². The van der Waals surface area contributed by atoms with Gasteiger partial charge in [0.2, 0.25) is 0 Å². The SMILES string of the molecule is C=C/C(C)=N\C=C\NC. The van der Waals surface area contributed by atoms with Gasteiger partial charge >= 0.3 is 0 Å². The molecule has 0 atom stereocenters. The zero-order valence-electron chi connectivity index (χ0n) is 5.89. The van der Waals surface area contributed by atoms with E-state index in [1.165, 1.54) is 0 Å². The van der Waals surface area contributed by atoms with E-state index in [9.17, 15) is 0 Å². The van der Waals surface area contributed by atoms with Gasteiger partial charge in [-0.1, -0.05) is 6.58 Å². The number of nitrogens with one attached hydrogen (secondary N) is 1. The van der Waals surface area contributed by atoms with E-state index in [0.29, 0.717) is 0 Å². The Morgan fingerprint density at radius 2 is 2.33 bits per heavy atom. The molecule has 0 amide bonds. The van der Waals surface area contributed by atoms with Crippen LogP contribution in [0.3, 0.4) is 0 Å². The number of aliphatic imine (C=N–C) groups is 1. The average Bonchev–Trinajstić information content (AvgIpc) is 1.89. The molecule has 0 rings (SSSR count). The van der Waals surface area contributed by atoms with Gasteiger partial charge in [0.1, 0.15) is 0 Å². The van der Waals surface area contributed by atoms with Crippen LogP contribution in [0.5, 0.6) is 0 Å². The monoisotopic (exact) mass is 124 g/mol. The van der Waals surface area contributed by atoms with E-state index >= 15 is 0 Å². The highest BCUT2D eigenvalue weighted by atomic mass is 14.8. The first-order valence-electron chi connectivity index (χ1n) is 2.80. The maximum atomic E-state index is 3.99.